The van der Waals surface area contributed by atoms with E-state index < -0.39 is 0 Å². The van der Waals surface area contributed by atoms with E-state index >= 15 is 0 Å². The van der Waals surface area contributed by atoms with Gasteiger partial charge in [0.2, 0.25) is 0 Å². The Labute approximate surface area is 61.3 Å². The Balaban J connectivity index is 4.31. The highest BCUT2D eigenvalue weighted by Gasteiger charge is 1.86. The minimum absolute atomic E-state index is 0.606. The third kappa shape index (κ3) is 2.87. The lowest BCUT2D eigenvalue weighted by atomic mass is 10.2. The zero-order chi connectivity index (χ0) is 7.98. The van der Waals surface area contributed by atoms with E-state index in [0.29, 0.717) is 5.70 Å². The Morgan fingerprint density at radius 3 is 2.60 bits per heavy atom. The molecule has 0 aliphatic carbocycles. The highest BCUT2D eigenvalue weighted by Crippen LogP contribution is 1.94. The summed E-state index contributed by atoms with van der Waals surface area (Å²) in [6, 6.07) is 0. The van der Waals surface area contributed by atoms with Crippen LogP contribution in [0.15, 0.2) is 36.1 Å². The molecule has 2 nitrogen and oxygen atoms in total. The van der Waals surface area contributed by atoms with Gasteiger partial charge in [-0.15, -0.1) is 0 Å². The molecule has 0 atom stereocenters. The molecule has 0 aromatic heterocycles. The zero-order valence-corrected chi connectivity index (χ0v) is 6.09. The third-order valence-electron chi connectivity index (χ3n) is 1.08. The molecule has 0 fully saturated rings. The molecule has 0 aromatic carbocycles. The zero-order valence-electron chi connectivity index (χ0n) is 6.09. The van der Waals surface area contributed by atoms with Gasteiger partial charge in [-0.1, -0.05) is 18.7 Å². The molecule has 2 heteroatoms. The van der Waals surface area contributed by atoms with Crippen molar-refractivity contribution in [3.63, 3.8) is 0 Å². The predicted octanol–water partition coefficient (Wildman–Crippen LogP) is 1.61. The Morgan fingerprint density at radius 1 is 1.60 bits per heavy atom. The van der Waals surface area contributed by atoms with Crippen molar-refractivity contribution in [2.24, 2.45) is 5.73 Å². The number of allylic oxidation sites excluding steroid dienone is 4. The van der Waals surface area contributed by atoms with E-state index in [1.807, 2.05) is 0 Å². The van der Waals surface area contributed by atoms with Crippen LogP contribution in [0.5, 0.6) is 0 Å². The maximum Gasteiger partial charge on any atom is 0.0358 e. The quantitative estimate of drug-likeness (QED) is 0.449. The van der Waals surface area contributed by atoms with E-state index in [9.17, 15) is 0 Å². The molecule has 54 valence electrons. The largest absolute Gasteiger partial charge is 0.398 e. The fraction of sp³-hybridized carbons (Fsp3) is 0.125. The number of hydrogen-bond acceptors (Lipinski definition) is 2. The van der Waals surface area contributed by atoms with Gasteiger partial charge in [-0.3, -0.25) is 0 Å². The Hall–Kier alpha value is -1.31. The van der Waals surface area contributed by atoms with Gasteiger partial charge in [-0.05, 0) is 18.6 Å². The maximum atomic E-state index is 6.85. The Kier molecular flexibility index (Phi) is 3.96. The van der Waals surface area contributed by atoms with Crippen LogP contribution in [0.25, 0.3) is 0 Å². The first-order chi connectivity index (χ1) is 4.72. The van der Waals surface area contributed by atoms with Crippen molar-refractivity contribution in [3.05, 3.63) is 36.1 Å². The van der Waals surface area contributed by atoms with Crippen LogP contribution in [-0.4, -0.2) is 6.21 Å². The molecule has 0 bridgehead atoms. The molecule has 0 spiro atoms. The summed E-state index contributed by atoms with van der Waals surface area (Å²) in [4.78, 5) is 0. The SMILES string of the molecule is C=C/C=C\C(N)=C(C)C=N. The fourth-order valence-corrected chi connectivity index (χ4v) is 0.386. The van der Waals surface area contributed by atoms with E-state index in [1.165, 1.54) is 6.21 Å². The first-order valence-corrected chi connectivity index (χ1v) is 2.98. The molecule has 0 saturated carbocycles. The normalized spacial score (nSPS) is 12.9. The molecule has 0 aliphatic heterocycles. The summed E-state index contributed by atoms with van der Waals surface area (Å²) >= 11 is 0. The first kappa shape index (κ1) is 8.69. The molecule has 3 N–H and O–H groups in total. The smallest absolute Gasteiger partial charge is 0.0358 e. The molecule has 0 saturated heterocycles. The molecule has 0 heterocycles. The lowest BCUT2D eigenvalue weighted by Gasteiger charge is -1.93. The monoisotopic (exact) mass is 136 g/mol. The summed E-state index contributed by atoms with van der Waals surface area (Å²) in [5.41, 5.74) is 6.88. The van der Waals surface area contributed by atoms with E-state index in [2.05, 4.69) is 6.58 Å². The highest BCUT2D eigenvalue weighted by molar-refractivity contribution is 5.76. The van der Waals surface area contributed by atoms with Crippen molar-refractivity contribution in [1.82, 2.24) is 0 Å². The lowest BCUT2D eigenvalue weighted by Crippen LogP contribution is -1.97. The topological polar surface area (TPSA) is 49.9 Å². The molecule has 0 radical (unpaired) electrons. The van der Waals surface area contributed by atoms with Gasteiger partial charge >= 0.3 is 0 Å². The van der Waals surface area contributed by atoms with Crippen LogP contribution in [0.1, 0.15) is 6.92 Å². The minimum atomic E-state index is 0.606. The van der Waals surface area contributed by atoms with Gasteiger partial charge in [0, 0.05) is 11.9 Å². The maximum absolute atomic E-state index is 6.85. The average Bonchev–Trinajstić information content (AvgIpc) is 1.98. The molecule has 0 amide bonds. The van der Waals surface area contributed by atoms with Gasteiger partial charge in [0.15, 0.2) is 0 Å². The number of rotatable bonds is 3. The van der Waals surface area contributed by atoms with Crippen molar-refractivity contribution >= 4 is 6.21 Å². The van der Waals surface area contributed by atoms with Gasteiger partial charge < -0.3 is 11.1 Å². The number of nitrogens with two attached hydrogens (primary N) is 1. The number of nitrogens with one attached hydrogen (secondary N) is 1. The van der Waals surface area contributed by atoms with Crippen LogP contribution >= 0.6 is 0 Å². The van der Waals surface area contributed by atoms with E-state index in [1.54, 1.807) is 25.2 Å². The summed E-state index contributed by atoms with van der Waals surface area (Å²) in [7, 11) is 0. The van der Waals surface area contributed by atoms with E-state index in [0.717, 1.165) is 5.57 Å². The van der Waals surface area contributed by atoms with Crippen molar-refractivity contribution in [2.45, 2.75) is 6.92 Å². The van der Waals surface area contributed by atoms with Gasteiger partial charge in [0.1, 0.15) is 0 Å². The van der Waals surface area contributed by atoms with E-state index in [-0.39, 0.29) is 0 Å². The van der Waals surface area contributed by atoms with Crippen LogP contribution in [0.2, 0.25) is 0 Å². The second-order valence-electron chi connectivity index (χ2n) is 1.88. The second kappa shape index (κ2) is 4.56. The molecular weight excluding hydrogens is 124 g/mol. The van der Waals surface area contributed by atoms with Gasteiger partial charge in [-0.2, -0.15) is 0 Å². The summed E-state index contributed by atoms with van der Waals surface area (Å²) in [5.74, 6) is 0. The van der Waals surface area contributed by atoms with Gasteiger partial charge in [-0.25, -0.2) is 0 Å². The van der Waals surface area contributed by atoms with Crippen molar-refractivity contribution < 1.29 is 0 Å². The summed E-state index contributed by atoms with van der Waals surface area (Å²) in [6.45, 7) is 5.28. The van der Waals surface area contributed by atoms with Crippen LogP contribution in [0.3, 0.4) is 0 Å². The second-order valence-corrected chi connectivity index (χ2v) is 1.88. The predicted molar refractivity (Wildman–Crippen MR) is 45.0 cm³/mol. The molecule has 0 aromatic rings. The van der Waals surface area contributed by atoms with E-state index in [4.69, 9.17) is 11.1 Å². The molecule has 10 heavy (non-hydrogen) atoms. The molecule has 0 rings (SSSR count). The lowest BCUT2D eigenvalue weighted by molar-refractivity contribution is 1.34. The Bertz CT molecular complexity index is 187. The van der Waals surface area contributed by atoms with Crippen LogP contribution in [0, 0.1) is 5.41 Å². The summed E-state index contributed by atoms with van der Waals surface area (Å²) in [6.07, 6.45) is 6.32. The van der Waals surface area contributed by atoms with Crippen molar-refractivity contribution in [1.29, 1.82) is 5.41 Å². The summed E-state index contributed by atoms with van der Waals surface area (Å²) < 4.78 is 0. The van der Waals surface area contributed by atoms with Gasteiger partial charge in [0.25, 0.3) is 0 Å². The minimum Gasteiger partial charge on any atom is -0.398 e. The molecule has 0 unspecified atom stereocenters. The standard InChI is InChI=1S/C8H12N2/c1-3-4-5-8(10)7(2)6-9/h3-6,9H,1,10H2,2H3/b5-4-,8-7?,9-6?. The van der Waals surface area contributed by atoms with Gasteiger partial charge in [0.05, 0.1) is 0 Å². The van der Waals surface area contributed by atoms with Crippen molar-refractivity contribution in [3.8, 4) is 0 Å². The van der Waals surface area contributed by atoms with Crippen molar-refractivity contribution in [2.75, 3.05) is 0 Å². The third-order valence-corrected chi connectivity index (χ3v) is 1.08. The molecular formula is C8H12N2. The average molecular weight is 136 g/mol. The first-order valence-electron chi connectivity index (χ1n) is 2.98. The Morgan fingerprint density at radius 2 is 2.20 bits per heavy atom. The highest BCUT2D eigenvalue weighted by atomic mass is 14.6. The van der Waals surface area contributed by atoms with Crippen LogP contribution in [-0.2, 0) is 0 Å². The van der Waals surface area contributed by atoms with Crippen LogP contribution in [0.4, 0.5) is 0 Å². The summed E-state index contributed by atoms with van der Waals surface area (Å²) in [5, 5.41) is 6.85. The molecule has 0 aliphatic rings. The fourth-order valence-electron chi connectivity index (χ4n) is 0.386. The number of hydrogen-bond donors (Lipinski definition) is 2. The van der Waals surface area contributed by atoms with Crippen LogP contribution < -0.4 is 5.73 Å².